The number of halogens is 1. The molecule has 1 aromatic carbocycles. The Morgan fingerprint density at radius 1 is 1.40 bits per heavy atom. The molecular weight excluding hydrogens is 195 g/mol. The number of rotatable bonds is 4. The molecule has 0 saturated heterocycles. The highest BCUT2D eigenvalue weighted by molar-refractivity contribution is 5.30. The van der Waals surface area contributed by atoms with Gasteiger partial charge in [-0.3, -0.25) is 0 Å². The average molecular weight is 210 g/mol. The Bertz CT molecular complexity index is 359. The number of benzene rings is 1. The Kier molecular flexibility index (Phi) is 2.76. The van der Waals surface area contributed by atoms with Gasteiger partial charge >= 0.3 is 0 Å². The van der Waals surface area contributed by atoms with E-state index in [-0.39, 0.29) is 5.82 Å². The number of methoxy groups -OCH3 is 1. The standard InChI is InChI=1S/C12H15FO2/c1-15-8-10-6-11(13)3-2-9(10)7-12(14)4-5-12/h2-3,6,14H,4-5,7-8H2,1H3. The molecule has 1 fully saturated rings. The zero-order chi connectivity index (χ0) is 10.9. The highest BCUT2D eigenvalue weighted by Gasteiger charge is 2.40. The number of aliphatic hydroxyl groups is 1. The van der Waals surface area contributed by atoms with Crippen LogP contribution in [0, 0.1) is 5.82 Å². The summed E-state index contributed by atoms with van der Waals surface area (Å²) < 4.78 is 18.0. The van der Waals surface area contributed by atoms with Crippen LogP contribution in [-0.4, -0.2) is 17.8 Å². The van der Waals surface area contributed by atoms with Crippen LogP contribution in [0.2, 0.25) is 0 Å². The van der Waals surface area contributed by atoms with Crippen LogP contribution in [0.1, 0.15) is 24.0 Å². The van der Waals surface area contributed by atoms with Crippen LogP contribution in [0.25, 0.3) is 0 Å². The lowest BCUT2D eigenvalue weighted by Gasteiger charge is -2.12. The van der Waals surface area contributed by atoms with E-state index in [0.717, 1.165) is 24.0 Å². The van der Waals surface area contributed by atoms with E-state index >= 15 is 0 Å². The Balaban J connectivity index is 2.20. The van der Waals surface area contributed by atoms with Gasteiger partial charge in [-0.15, -0.1) is 0 Å². The third kappa shape index (κ3) is 2.55. The summed E-state index contributed by atoms with van der Waals surface area (Å²) in [5.74, 6) is -0.256. The van der Waals surface area contributed by atoms with Crippen molar-refractivity contribution in [2.45, 2.75) is 31.5 Å². The van der Waals surface area contributed by atoms with Gasteiger partial charge in [-0.25, -0.2) is 4.39 Å². The molecule has 0 amide bonds. The molecule has 0 atom stereocenters. The minimum absolute atomic E-state index is 0.256. The SMILES string of the molecule is COCc1cc(F)ccc1CC1(O)CC1. The molecule has 0 unspecified atom stereocenters. The molecule has 0 aliphatic heterocycles. The molecule has 0 spiro atoms. The van der Waals surface area contributed by atoms with Gasteiger partial charge in [0.1, 0.15) is 5.82 Å². The predicted octanol–water partition coefficient (Wildman–Crippen LogP) is 2.04. The van der Waals surface area contributed by atoms with Crippen molar-refractivity contribution in [2.24, 2.45) is 0 Å². The van der Waals surface area contributed by atoms with Crippen molar-refractivity contribution in [3.63, 3.8) is 0 Å². The van der Waals surface area contributed by atoms with Gasteiger partial charge in [0.15, 0.2) is 0 Å². The van der Waals surface area contributed by atoms with Gasteiger partial charge in [0.05, 0.1) is 12.2 Å². The van der Waals surface area contributed by atoms with Crippen LogP contribution >= 0.6 is 0 Å². The summed E-state index contributed by atoms with van der Waals surface area (Å²) >= 11 is 0. The van der Waals surface area contributed by atoms with E-state index in [4.69, 9.17) is 4.74 Å². The van der Waals surface area contributed by atoms with Gasteiger partial charge in [-0.1, -0.05) is 6.07 Å². The van der Waals surface area contributed by atoms with Crippen molar-refractivity contribution >= 4 is 0 Å². The van der Waals surface area contributed by atoms with E-state index in [9.17, 15) is 9.50 Å². The molecule has 2 rings (SSSR count). The third-order valence-electron chi connectivity index (χ3n) is 2.81. The number of hydrogen-bond acceptors (Lipinski definition) is 2. The first-order chi connectivity index (χ1) is 7.13. The summed E-state index contributed by atoms with van der Waals surface area (Å²) in [5.41, 5.74) is 1.27. The van der Waals surface area contributed by atoms with E-state index in [1.54, 1.807) is 13.2 Å². The van der Waals surface area contributed by atoms with Crippen LogP contribution in [0.3, 0.4) is 0 Å². The molecule has 3 heteroatoms. The zero-order valence-electron chi connectivity index (χ0n) is 8.79. The molecule has 0 aromatic heterocycles. The topological polar surface area (TPSA) is 29.5 Å². The van der Waals surface area contributed by atoms with Crippen molar-refractivity contribution < 1.29 is 14.2 Å². The molecule has 2 nitrogen and oxygen atoms in total. The van der Waals surface area contributed by atoms with E-state index < -0.39 is 5.60 Å². The second-order valence-electron chi connectivity index (χ2n) is 4.25. The van der Waals surface area contributed by atoms with E-state index in [0.29, 0.717) is 13.0 Å². The van der Waals surface area contributed by atoms with E-state index in [1.807, 2.05) is 0 Å². The first kappa shape index (κ1) is 10.6. The minimum Gasteiger partial charge on any atom is -0.390 e. The fourth-order valence-electron chi connectivity index (χ4n) is 1.73. The lowest BCUT2D eigenvalue weighted by atomic mass is 10.0. The Morgan fingerprint density at radius 3 is 2.73 bits per heavy atom. The maximum absolute atomic E-state index is 13.0. The predicted molar refractivity (Wildman–Crippen MR) is 55.0 cm³/mol. The van der Waals surface area contributed by atoms with E-state index in [1.165, 1.54) is 12.1 Å². The van der Waals surface area contributed by atoms with Crippen molar-refractivity contribution in [1.29, 1.82) is 0 Å². The van der Waals surface area contributed by atoms with Crippen LogP contribution in [0.4, 0.5) is 4.39 Å². The summed E-state index contributed by atoms with van der Waals surface area (Å²) in [6.07, 6.45) is 2.29. The summed E-state index contributed by atoms with van der Waals surface area (Å²) in [6, 6.07) is 4.64. The molecule has 0 bridgehead atoms. The molecule has 82 valence electrons. The molecule has 1 aromatic rings. The number of hydrogen-bond donors (Lipinski definition) is 1. The van der Waals surface area contributed by atoms with Crippen molar-refractivity contribution in [3.8, 4) is 0 Å². The zero-order valence-corrected chi connectivity index (χ0v) is 8.79. The second kappa shape index (κ2) is 3.91. The molecular formula is C12H15FO2. The van der Waals surface area contributed by atoms with Gasteiger partial charge in [-0.2, -0.15) is 0 Å². The van der Waals surface area contributed by atoms with Gasteiger partial charge in [0.25, 0.3) is 0 Å². The highest BCUT2D eigenvalue weighted by atomic mass is 19.1. The van der Waals surface area contributed by atoms with Gasteiger partial charge in [-0.05, 0) is 36.1 Å². The molecule has 1 N–H and O–H groups in total. The van der Waals surface area contributed by atoms with Crippen LogP contribution in [0.15, 0.2) is 18.2 Å². The molecule has 1 saturated carbocycles. The maximum Gasteiger partial charge on any atom is 0.123 e. The summed E-state index contributed by atoms with van der Waals surface area (Å²) in [6.45, 7) is 0.392. The first-order valence-corrected chi connectivity index (χ1v) is 5.12. The monoisotopic (exact) mass is 210 g/mol. The molecule has 0 radical (unpaired) electrons. The fourth-order valence-corrected chi connectivity index (χ4v) is 1.73. The number of ether oxygens (including phenoxy) is 1. The van der Waals surface area contributed by atoms with Gasteiger partial charge < -0.3 is 9.84 Å². The van der Waals surface area contributed by atoms with Crippen molar-refractivity contribution in [3.05, 3.63) is 35.1 Å². The molecule has 15 heavy (non-hydrogen) atoms. The average Bonchev–Trinajstić information content (AvgIpc) is 2.89. The highest BCUT2D eigenvalue weighted by Crippen LogP contribution is 2.38. The summed E-state index contributed by atoms with van der Waals surface area (Å²) in [4.78, 5) is 0. The Morgan fingerprint density at radius 2 is 2.13 bits per heavy atom. The van der Waals surface area contributed by atoms with Crippen molar-refractivity contribution in [1.82, 2.24) is 0 Å². The van der Waals surface area contributed by atoms with Crippen LogP contribution in [-0.2, 0) is 17.8 Å². The second-order valence-corrected chi connectivity index (χ2v) is 4.25. The minimum atomic E-state index is -0.541. The van der Waals surface area contributed by atoms with Gasteiger partial charge in [0, 0.05) is 13.5 Å². The molecule has 0 heterocycles. The quantitative estimate of drug-likeness (QED) is 0.824. The smallest absolute Gasteiger partial charge is 0.123 e. The molecule has 1 aliphatic carbocycles. The van der Waals surface area contributed by atoms with E-state index in [2.05, 4.69) is 0 Å². The van der Waals surface area contributed by atoms with Crippen LogP contribution in [0.5, 0.6) is 0 Å². The summed E-state index contributed by atoms with van der Waals surface area (Å²) in [5, 5.41) is 9.81. The van der Waals surface area contributed by atoms with Crippen molar-refractivity contribution in [2.75, 3.05) is 7.11 Å². The molecule has 1 aliphatic rings. The lowest BCUT2D eigenvalue weighted by Crippen LogP contribution is -2.12. The Labute approximate surface area is 88.7 Å². The lowest BCUT2D eigenvalue weighted by molar-refractivity contribution is 0.148. The summed E-state index contributed by atoms with van der Waals surface area (Å²) in [7, 11) is 1.58. The normalized spacial score (nSPS) is 17.8. The third-order valence-corrected chi connectivity index (χ3v) is 2.81. The fraction of sp³-hybridized carbons (Fsp3) is 0.500. The van der Waals surface area contributed by atoms with Gasteiger partial charge in [0.2, 0.25) is 0 Å². The largest absolute Gasteiger partial charge is 0.390 e. The maximum atomic E-state index is 13.0. The van der Waals surface area contributed by atoms with Crippen LogP contribution < -0.4 is 0 Å². The Hall–Kier alpha value is -0.930. The first-order valence-electron chi connectivity index (χ1n) is 5.12.